The van der Waals surface area contributed by atoms with Gasteiger partial charge in [-0.2, -0.15) is 0 Å². The molecule has 1 atom stereocenters. The van der Waals surface area contributed by atoms with E-state index in [9.17, 15) is 0 Å². The summed E-state index contributed by atoms with van der Waals surface area (Å²) in [4.78, 5) is 0. The van der Waals surface area contributed by atoms with E-state index in [1.54, 1.807) is 0 Å². The van der Waals surface area contributed by atoms with Gasteiger partial charge in [0.2, 0.25) is 0 Å². The van der Waals surface area contributed by atoms with Crippen molar-refractivity contribution in [2.24, 2.45) is 5.92 Å². The van der Waals surface area contributed by atoms with Crippen molar-refractivity contribution in [1.82, 2.24) is 5.32 Å². The van der Waals surface area contributed by atoms with Gasteiger partial charge in [-0.25, -0.2) is 0 Å². The summed E-state index contributed by atoms with van der Waals surface area (Å²) in [7, 11) is 0. The Labute approximate surface area is 106 Å². The molecule has 1 unspecified atom stereocenters. The van der Waals surface area contributed by atoms with E-state index in [-0.39, 0.29) is 0 Å². The minimum Gasteiger partial charge on any atom is -0.313 e. The molecule has 1 N–H and O–H groups in total. The van der Waals surface area contributed by atoms with E-state index in [1.165, 1.54) is 24.8 Å². The van der Waals surface area contributed by atoms with Gasteiger partial charge in [0.15, 0.2) is 0 Å². The molecule has 17 heavy (non-hydrogen) atoms. The third-order valence-electron chi connectivity index (χ3n) is 3.08. The lowest BCUT2D eigenvalue weighted by atomic mass is 10.0. The number of terminal acetylenes is 1. The summed E-state index contributed by atoms with van der Waals surface area (Å²) in [6, 6.07) is 8.12. The van der Waals surface area contributed by atoms with Crippen molar-refractivity contribution in [3.8, 4) is 12.3 Å². The summed E-state index contributed by atoms with van der Waals surface area (Å²) in [5.74, 6) is 3.54. The third-order valence-corrected chi connectivity index (χ3v) is 3.08. The Morgan fingerprint density at radius 3 is 2.76 bits per heavy atom. The maximum Gasteiger partial charge on any atom is 0.0287 e. The normalized spacial score (nSPS) is 12.1. The van der Waals surface area contributed by atoms with Gasteiger partial charge in [-0.3, -0.25) is 0 Å². The van der Waals surface area contributed by atoms with Crippen LogP contribution in [0.2, 0.25) is 0 Å². The molecule has 92 valence electrons. The van der Waals surface area contributed by atoms with Gasteiger partial charge in [-0.15, -0.1) is 6.42 Å². The summed E-state index contributed by atoms with van der Waals surface area (Å²) in [6.07, 6.45) is 9.31. The van der Waals surface area contributed by atoms with Gasteiger partial charge >= 0.3 is 0 Å². The summed E-state index contributed by atoms with van der Waals surface area (Å²) < 4.78 is 0. The minimum absolute atomic E-state index is 0.815. The first-order chi connectivity index (χ1) is 8.27. The van der Waals surface area contributed by atoms with Crippen molar-refractivity contribution in [3.05, 3.63) is 35.4 Å². The van der Waals surface area contributed by atoms with Crippen LogP contribution in [0.25, 0.3) is 0 Å². The monoisotopic (exact) mass is 229 g/mol. The number of hydrogen-bond donors (Lipinski definition) is 1. The minimum atomic E-state index is 0.815. The zero-order valence-electron chi connectivity index (χ0n) is 11.0. The molecule has 0 spiro atoms. The lowest BCUT2D eigenvalue weighted by molar-refractivity contribution is 0.465. The molecule has 1 aromatic rings. The van der Waals surface area contributed by atoms with Crippen molar-refractivity contribution in [1.29, 1.82) is 0 Å². The summed E-state index contributed by atoms with van der Waals surface area (Å²) >= 11 is 0. The topological polar surface area (TPSA) is 12.0 Å². The molecule has 0 saturated carbocycles. The van der Waals surface area contributed by atoms with Crippen LogP contribution in [0, 0.1) is 18.3 Å². The Morgan fingerprint density at radius 1 is 1.29 bits per heavy atom. The first-order valence-corrected chi connectivity index (χ1v) is 6.53. The van der Waals surface area contributed by atoms with Crippen molar-refractivity contribution >= 4 is 0 Å². The highest BCUT2D eigenvalue weighted by molar-refractivity contribution is 5.39. The fraction of sp³-hybridized carbons (Fsp3) is 0.500. The van der Waals surface area contributed by atoms with Gasteiger partial charge in [0.05, 0.1) is 0 Å². The molecule has 0 bridgehead atoms. The molecule has 0 amide bonds. The fourth-order valence-corrected chi connectivity index (χ4v) is 2.02. The summed E-state index contributed by atoms with van der Waals surface area (Å²) in [6.45, 7) is 6.51. The Hall–Kier alpha value is -1.26. The molecule has 1 aromatic carbocycles. The van der Waals surface area contributed by atoms with Gasteiger partial charge in [0, 0.05) is 12.1 Å². The smallest absolute Gasteiger partial charge is 0.0287 e. The van der Waals surface area contributed by atoms with Gasteiger partial charge in [0.25, 0.3) is 0 Å². The first-order valence-electron chi connectivity index (χ1n) is 6.53. The zero-order valence-corrected chi connectivity index (χ0v) is 11.0. The second-order valence-corrected chi connectivity index (χ2v) is 4.66. The molecule has 0 fully saturated rings. The zero-order chi connectivity index (χ0) is 12.5. The Balaban J connectivity index is 2.29. The number of benzene rings is 1. The van der Waals surface area contributed by atoms with Crippen LogP contribution in [0.15, 0.2) is 24.3 Å². The van der Waals surface area contributed by atoms with Crippen LogP contribution < -0.4 is 5.32 Å². The van der Waals surface area contributed by atoms with Crippen molar-refractivity contribution in [2.45, 2.75) is 39.7 Å². The summed E-state index contributed by atoms with van der Waals surface area (Å²) in [5.41, 5.74) is 2.22. The SMILES string of the molecule is C#Cc1ccccc1CNCCC(C)CCC. The second-order valence-electron chi connectivity index (χ2n) is 4.66. The van der Waals surface area contributed by atoms with Gasteiger partial charge in [0.1, 0.15) is 0 Å². The largest absolute Gasteiger partial charge is 0.313 e. The van der Waals surface area contributed by atoms with E-state index in [4.69, 9.17) is 6.42 Å². The molecule has 1 nitrogen and oxygen atoms in total. The number of nitrogens with one attached hydrogen (secondary N) is 1. The van der Waals surface area contributed by atoms with E-state index in [1.807, 2.05) is 18.2 Å². The molecule has 1 rings (SSSR count). The molecule has 0 aliphatic rings. The van der Waals surface area contributed by atoms with E-state index in [0.717, 1.165) is 24.6 Å². The molecular weight excluding hydrogens is 206 g/mol. The number of rotatable bonds is 7. The Morgan fingerprint density at radius 2 is 2.06 bits per heavy atom. The van der Waals surface area contributed by atoms with Crippen molar-refractivity contribution in [3.63, 3.8) is 0 Å². The summed E-state index contributed by atoms with van der Waals surface area (Å²) in [5, 5.41) is 3.47. The van der Waals surface area contributed by atoms with Crippen molar-refractivity contribution in [2.75, 3.05) is 6.54 Å². The van der Waals surface area contributed by atoms with Crippen molar-refractivity contribution < 1.29 is 0 Å². The van der Waals surface area contributed by atoms with Gasteiger partial charge < -0.3 is 5.32 Å². The first kappa shape index (κ1) is 13.8. The van der Waals surface area contributed by atoms with Crippen LogP contribution in [0.5, 0.6) is 0 Å². The lowest BCUT2D eigenvalue weighted by Crippen LogP contribution is -2.17. The van der Waals surface area contributed by atoms with Crippen LogP contribution in [0.3, 0.4) is 0 Å². The van der Waals surface area contributed by atoms with Crippen LogP contribution in [0.4, 0.5) is 0 Å². The molecule has 0 aromatic heterocycles. The average Bonchev–Trinajstić information content (AvgIpc) is 2.35. The van der Waals surface area contributed by atoms with Crippen LogP contribution in [0.1, 0.15) is 44.2 Å². The van der Waals surface area contributed by atoms with E-state index in [0.29, 0.717) is 0 Å². The maximum atomic E-state index is 5.46. The van der Waals surface area contributed by atoms with E-state index >= 15 is 0 Å². The third kappa shape index (κ3) is 5.06. The fourth-order valence-electron chi connectivity index (χ4n) is 2.02. The van der Waals surface area contributed by atoms with Crippen LogP contribution >= 0.6 is 0 Å². The molecule has 0 aliphatic carbocycles. The number of hydrogen-bond acceptors (Lipinski definition) is 1. The molecule has 0 aliphatic heterocycles. The van der Waals surface area contributed by atoms with E-state index < -0.39 is 0 Å². The molecule has 0 radical (unpaired) electrons. The highest BCUT2D eigenvalue weighted by Gasteiger charge is 2.01. The average molecular weight is 229 g/mol. The highest BCUT2D eigenvalue weighted by Crippen LogP contribution is 2.09. The Bertz CT molecular complexity index is 362. The molecule has 1 heteroatoms. The highest BCUT2D eigenvalue weighted by atomic mass is 14.8. The molecular formula is C16H23N. The Kier molecular flexibility index (Phi) is 6.43. The van der Waals surface area contributed by atoms with E-state index in [2.05, 4.69) is 31.2 Å². The lowest BCUT2D eigenvalue weighted by Gasteiger charge is -2.11. The molecule has 0 heterocycles. The predicted octanol–water partition coefficient (Wildman–Crippen LogP) is 3.58. The maximum absolute atomic E-state index is 5.46. The van der Waals surface area contributed by atoms with Gasteiger partial charge in [-0.05, 0) is 30.5 Å². The second kappa shape index (κ2) is 7.92. The predicted molar refractivity (Wildman–Crippen MR) is 74.8 cm³/mol. The quantitative estimate of drug-likeness (QED) is 0.556. The molecule has 0 saturated heterocycles. The van der Waals surface area contributed by atoms with Gasteiger partial charge in [-0.1, -0.05) is 50.8 Å². The van der Waals surface area contributed by atoms with Crippen LogP contribution in [-0.2, 0) is 6.54 Å². The van der Waals surface area contributed by atoms with Crippen LogP contribution in [-0.4, -0.2) is 6.54 Å². The standard InChI is InChI=1S/C16H23N/c1-4-8-14(3)11-12-17-13-16-10-7-6-9-15(16)5-2/h2,6-7,9-10,14,17H,4,8,11-13H2,1,3H3.